The van der Waals surface area contributed by atoms with Crippen LogP contribution in [0, 0.1) is 6.92 Å². The molecular formula is C63H68N2O. The molecule has 66 heavy (non-hydrogen) atoms. The van der Waals surface area contributed by atoms with Crippen LogP contribution in [0.15, 0.2) is 150 Å². The molecule has 0 saturated heterocycles. The first-order valence-corrected chi connectivity index (χ1v) is 24.3. The van der Waals surface area contributed by atoms with Crippen LogP contribution in [-0.2, 0) is 27.1 Å². The molecule has 10 rings (SSSR count). The number of furan rings is 1. The largest absolute Gasteiger partial charge is 0.456 e. The van der Waals surface area contributed by atoms with Gasteiger partial charge in [-0.05, 0) is 171 Å². The van der Waals surface area contributed by atoms with Crippen LogP contribution in [0.5, 0.6) is 0 Å². The van der Waals surface area contributed by atoms with Gasteiger partial charge in [0.25, 0.3) is 0 Å². The van der Waals surface area contributed by atoms with E-state index in [2.05, 4.69) is 238 Å². The van der Waals surface area contributed by atoms with Crippen LogP contribution in [0.2, 0.25) is 0 Å². The molecule has 0 amide bonds. The summed E-state index contributed by atoms with van der Waals surface area (Å²) in [6.45, 7) is 28.6. The van der Waals surface area contributed by atoms with E-state index >= 15 is 0 Å². The van der Waals surface area contributed by atoms with Gasteiger partial charge in [-0.15, -0.1) is 0 Å². The predicted molar refractivity (Wildman–Crippen MR) is 283 cm³/mol. The highest BCUT2D eigenvalue weighted by atomic mass is 16.3. The zero-order valence-electron chi connectivity index (χ0n) is 41.5. The fraction of sp³-hybridized carbons (Fsp3) is 0.333. The Morgan fingerprint density at radius 1 is 0.439 bits per heavy atom. The lowest BCUT2D eigenvalue weighted by atomic mass is 9.63. The first-order chi connectivity index (χ1) is 31.2. The molecule has 0 N–H and O–H groups in total. The molecule has 336 valence electrons. The van der Waals surface area contributed by atoms with Crippen LogP contribution in [0.3, 0.4) is 0 Å². The standard InChI is InChI=1S/C63H68N2O/c1-41-35-46(64(44-26-28-50-52(39-44)62(9,10)33-31-60(50,5)6)45-27-29-51-53(40-45)63(11,12)34-32-61(51,7)8)38-47(36-41)65(55-22-18-24-57-58(55)48-21-16-17-23-56(48)66-57)54-30-25-43(59(2,3)4)37-49(54)42-19-14-13-15-20-42/h13-30,35-40H,31-34H2,1-12H3. The highest BCUT2D eigenvalue weighted by molar-refractivity contribution is 6.14. The average Bonchev–Trinajstić information content (AvgIpc) is 3.67. The maximum Gasteiger partial charge on any atom is 0.137 e. The highest BCUT2D eigenvalue weighted by Crippen LogP contribution is 2.53. The second-order valence-corrected chi connectivity index (χ2v) is 23.3. The molecule has 3 heteroatoms. The Kier molecular flexibility index (Phi) is 10.3. The van der Waals surface area contributed by atoms with Gasteiger partial charge >= 0.3 is 0 Å². The van der Waals surface area contributed by atoms with Crippen LogP contribution in [-0.4, -0.2) is 0 Å². The van der Waals surface area contributed by atoms with E-state index in [9.17, 15) is 0 Å². The van der Waals surface area contributed by atoms with Gasteiger partial charge in [0.2, 0.25) is 0 Å². The third-order valence-corrected chi connectivity index (χ3v) is 15.6. The number of hydrogen-bond donors (Lipinski definition) is 0. The Hall–Kier alpha value is -6.06. The average molecular weight is 869 g/mol. The van der Waals surface area contributed by atoms with Crippen molar-refractivity contribution in [1.29, 1.82) is 0 Å². The number of nitrogens with zero attached hydrogens (tertiary/aromatic N) is 2. The summed E-state index contributed by atoms with van der Waals surface area (Å²) < 4.78 is 6.61. The summed E-state index contributed by atoms with van der Waals surface area (Å²) >= 11 is 0. The molecule has 0 bridgehead atoms. The van der Waals surface area contributed by atoms with E-state index < -0.39 is 0 Å². The van der Waals surface area contributed by atoms with Crippen LogP contribution in [0.1, 0.15) is 135 Å². The third-order valence-electron chi connectivity index (χ3n) is 15.6. The molecule has 2 aliphatic carbocycles. The maximum atomic E-state index is 6.61. The van der Waals surface area contributed by atoms with E-state index in [4.69, 9.17) is 4.42 Å². The van der Waals surface area contributed by atoms with Crippen LogP contribution < -0.4 is 9.80 Å². The molecule has 0 saturated carbocycles. The van der Waals surface area contributed by atoms with Gasteiger partial charge < -0.3 is 14.2 Å². The van der Waals surface area contributed by atoms with E-state index in [1.807, 2.05) is 0 Å². The molecule has 0 fully saturated rings. The number of fused-ring (bicyclic) bond motifs is 5. The number of para-hydroxylation sites is 1. The van der Waals surface area contributed by atoms with E-state index in [1.165, 1.54) is 68.7 Å². The summed E-state index contributed by atoms with van der Waals surface area (Å²) in [6, 6.07) is 55.0. The Bertz CT molecular complexity index is 3070. The summed E-state index contributed by atoms with van der Waals surface area (Å²) in [4.78, 5) is 5.06. The zero-order valence-corrected chi connectivity index (χ0v) is 41.5. The number of benzene rings is 7. The number of hydrogen-bond acceptors (Lipinski definition) is 3. The molecule has 0 aliphatic heterocycles. The molecule has 2 aliphatic rings. The minimum absolute atomic E-state index is 0.0397. The van der Waals surface area contributed by atoms with Crippen molar-refractivity contribution in [2.24, 2.45) is 0 Å². The van der Waals surface area contributed by atoms with Gasteiger partial charge in [-0.3, -0.25) is 0 Å². The SMILES string of the molecule is Cc1cc(N(c2ccc3c(c2)C(C)(C)CCC3(C)C)c2ccc3c(c2)C(C)(C)CCC3(C)C)cc(N(c2ccc(C(C)(C)C)cc2-c2ccccc2)c2cccc3oc4ccccc4c23)c1. The Morgan fingerprint density at radius 2 is 0.970 bits per heavy atom. The van der Waals surface area contributed by atoms with E-state index in [1.54, 1.807) is 0 Å². The Morgan fingerprint density at radius 3 is 1.56 bits per heavy atom. The minimum atomic E-state index is -0.0397. The molecule has 1 heterocycles. The monoisotopic (exact) mass is 869 g/mol. The predicted octanol–water partition coefficient (Wildman–Crippen LogP) is 18.5. The fourth-order valence-electron chi connectivity index (χ4n) is 11.3. The van der Waals surface area contributed by atoms with Gasteiger partial charge in [-0.25, -0.2) is 0 Å². The molecule has 3 nitrogen and oxygen atoms in total. The first kappa shape index (κ1) is 43.8. The summed E-state index contributed by atoms with van der Waals surface area (Å²) in [6.07, 6.45) is 4.69. The lowest BCUT2D eigenvalue weighted by molar-refractivity contribution is 0.332. The lowest BCUT2D eigenvalue weighted by Gasteiger charge is -2.43. The highest BCUT2D eigenvalue weighted by Gasteiger charge is 2.39. The van der Waals surface area contributed by atoms with Crippen molar-refractivity contribution in [3.05, 3.63) is 179 Å². The first-order valence-electron chi connectivity index (χ1n) is 24.3. The summed E-state index contributed by atoms with van der Waals surface area (Å²) in [5, 5.41) is 2.21. The second-order valence-electron chi connectivity index (χ2n) is 23.3. The Balaban J connectivity index is 1.27. The lowest BCUT2D eigenvalue weighted by Crippen LogP contribution is -2.34. The summed E-state index contributed by atoms with van der Waals surface area (Å²) in [5.41, 5.74) is 19.6. The van der Waals surface area contributed by atoms with Crippen molar-refractivity contribution in [1.82, 2.24) is 0 Å². The van der Waals surface area contributed by atoms with Crippen LogP contribution >= 0.6 is 0 Å². The summed E-state index contributed by atoms with van der Waals surface area (Å²) in [7, 11) is 0. The smallest absolute Gasteiger partial charge is 0.137 e. The fourth-order valence-corrected chi connectivity index (χ4v) is 11.3. The molecule has 0 atom stereocenters. The van der Waals surface area contributed by atoms with Crippen molar-refractivity contribution < 1.29 is 4.42 Å². The molecular weight excluding hydrogens is 801 g/mol. The van der Waals surface area contributed by atoms with Crippen molar-refractivity contribution in [3.8, 4) is 11.1 Å². The molecule has 0 radical (unpaired) electrons. The van der Waals surface area contributed by atoms with Gasteiger partial charge in [0.05, 0.1) is 16.8 Å². The van der Waals surface area contributed by atoms with E-state index in [0.29, 0.717) is 0 Å². The van der Waals surface area contributed by atoms with E-state index in [0.717, 1.165) is 57.5 Å². The minimum Gasteiger partial charge on any atom is -0.456 e. The quantitative estimate of drug-likeness (QED) is 0.159. The van der Waals surface area contributed by atoms with Crippen molar-refractivity contribution in [3.63, 3.8) is 0 Å². The molecule has 1 aromatic heterocycles. The van der Waals surface area contributed by atoms with Gasteiger partial charge in [-0.1, -0.05) is 149 Å². The molecule has 0 spiro atoms. The second kappa shape index (κ2) is 15.5. The Labute approximate surface area is 394 Å². The molecule has 7 aromatic carbocycles. The molecule has 0 unspecified atom stereocenters. The molecule has 8 aromatic rings. The van der Waals surface area contributed by atoms with Gasteiger partial charge in [-0.2, -0.15) is 0 Å². The number of aryl methyl sites for hydroxylation is 1. The number of rotatable bonds is 7. The van der Waals surface area contributed by atoms with Crippen molar-refractivity contribution in [2.45, 2.75) is 136 Å². The van der Waals surface area contributed by atoms with E-state index in [-0.39, 0.29) is 27.1 Å². The van der Waals surface area contributed by atoms with Gasteiger partial charge in [0, 0.05) is 33.7 Å². The topological polar surface area (TPSA) is 19.6 Å². The maximum absolute atomic E-state index is 6.61. The van der Waals surface area contributed by atoms with Crippen molar-refractivity contribution >= 4 is 56.1 Å². The number of anilines is 6. The van der Waals surface area contributed by atoms with Gasteiger partial charge in [0.1, 0.15) is 11.2 Å². The van der Waals surface area contributed by atoms with Crippen LogP contribution in [0.25, 0.3) is 33.1 Å². The normalized spacial score (nSPS) is 17.0. The summed E-state index contributed by atoms with van der Waals surface area (Å²) in [5.74, 6) is 0. The zero-order chi connectivity index (χ0) is 46.6. The third kappa shape index (κ3) is 7.53. The van der Waals surface area contributed by atoms with Crippen molar-refractivity contribution in [2.75, 3.05) is 9.80 Å². The van der Waals surface area contributed by atoms with Gasteiger partial charge in [0.15, 0.2) is 0 Å². The van der Waals surface area contributed by atoms with Crippen LogP contribution in [0.4, 0.5) is 34.1 Å².